The maximum Gasteiger partial charge on any atom is 0.305 e. The maximum atomic E-state index is 11.7. The van der Waals surface area contributed by atoms with E-state index in [4.69, 9.17) is 4.74 Å². The van der Waals surface area contributed by atoms with Gasteiger partial charge >= 0.3 is 5.97 Å². The van der Waals surface area contributed by atoms with Gasteiger partial charge in [-0.25, -0.2) is 0 Å². The molecule has 0 spiro atoms. The van der Waals surface area contributed by atoms with E-state index in [1.54, 1.807) is 4.90 Å². The molecular formula is C14H26N2O5. The Kier molecular flexibility index (Phi) is 7.63. The smallest absolute Gasteiger partial charge is 0.305 e. The first-order chi connectivity index (χ1) is 9.95. The van der Waals surface area contributed by atoms with Gasteiger partial charge < -0.3 is 19.9 Å². The lowest BCUT2D eigenvalue weighted by atomic mass is 9.94. The van der Waals surface area contributed by atoms with E-state index in [-0.39, 0.29) is 18.4 Å². The quantitative estimate of drug-likeness (QED) is 0.465. The van der Waals surface area contributed by atoms with Gasteiger partial charge in [0.25, 0.3) is 0 Å². The second-order valence-electron chi connectivity index (χ2n) is 5.54. The van der Waals surface area contributed by atoms with E-state index in [1.807, 2.05) is 7.05 Å². The van der Waals surface area contributed by atoms with Crippen LogP contribution in [0.5, 0.6) is 0 Å². The highest BCUT2D eigenvalue weighted by atomic mass is 16.5. The fourth-order valence-electron chi connectivity index (χ4n) is 2.33. The van der Waals surface area contributed by atoms with Crippen LogP contribution in [0.3, 0.4) is 0 Å². The highest BCUT2D eigenvalue weighted by molar-refractivity contribution is 5.78. The Bertz CT molecular complexity index is 342. The van der Waals surface area contributed by atoms with Crippen molar-refractivity contribution in [2.75, 3.05) is 47.0 Å². The minimum atomic E-state index is -0.766. The topological polar surface area (TPSA) is 88.1 Å². The van der Waals surface area contributed by atoms with Crippen LogP contribution in [0.4, 0.5) is 0 Å². The lowest BCUT2D eigenvalue weighted by Gasteiger charge is -2.35. The van der Waals surface area contributed by atoms with Gasteiger partial charge in [-0.3, -0.25) is 14.5 Å². The zero-order valence-corrected chi connectivity index (χ0v) is 12.9. The van der Waals surface area contributed by atoms with Crippen LogP contribution in [0.1, 0.15) is 25.7 Å². The van der Waals surface area contributed by atoms with E-state index in [9.17, 15) is 14.7 Å². The number of methoxy groups -OCH3 is 1. The second kappa shape index (κ2) is 8.96. The number of hydrogen-bond acceptors (Lipinski definition) is 6. The summed E-state index contributed by atoms with van der Waals surface area (Å²) < 4.78 is 9.75. The van der Waals surface area contributed by atoms with Gasteiger partial charge in [-0.1, -0.05) is 0 Å². The van der Waals surface area contributed by atoms with Crippen LogP contribution in [-0.2, 0) is 19.1 Å². The fourth-order valence-corrected chi connectivity index (χ4v) is 2.33. The summed E-state index contributed by atoms with van der Waals surface area (Å²) in [6.07, 6.45) is 2.05. The van der Waals surface area contributed by atoms with Gasteiger partial charge in [0.15, 0.2) is 0 Å². The van der Waals surface area contributed by atoms with Crippen LogP contribution >= 0.6 is 0 Å². The first-order valence-electron chi connectivity index (χ1n) is 7.27. The number of carbonyl (C=O) groups is 2. The number of aliphatic hydroxyl groups is 1. The Morgan fingerprint density at radius 3 is 2.67 bits per heavy atom. The highest BCUT2D eigenvalue weighted by Gasteiger charge is 2.31. The SMILES string of the molecule is COC(=O)CCCNC(=O)CN(C)CC1(O)CCOCC1. The predicted octanol–water partition coefficient (Wildman–Crippen LogP) is -0.471. The molecule has 0 aromatic carbocycles. The van der Waals surface area contributed by atoms with E-state index in [1.165, 1.54) is 7.11 Å². The molecule has 122 valence electrons. The first-order valence-corrected chi connectivity index (χ1v) is 7.27. The third-order valence-corrected chi connectivity index (χ3v) is 3.51. The van der Waals surface area contributed by atoms with Gasteiger partial charge in [0.05, 0.1) is 19.3 Å². The maximum absolute atomic E-state index is 11.7. The molecule has 0 aliphatic carbocycles. The second-order valence-corrected chi connectivity index (χ2v) is 5.54. The molecule has 7 heteroatoms. The Morgan fingerprint density at radius 1 is 1.38 bits per heavy atom. The molecular weight excluding hydrogens is 276 g/mol. The number of nitrogens with one attached hydrogen (secondary N) is 1. The lowest BCUT2D eigenvalue weighted by Crippen LogP contribution is -2.48. The third kappa shape index (κ3) is 7.40. The summed E-state index contributed by atoms with van der Waals surface area (Å²) in [6, 6.07) is 0. The van der Waals surface area contributed by atoms with Gasteiger partial charge in [-0.15, -0.1) is 0 Å². The van der Waals surface area contributed by atoms with E-state index in [0.29, 0.717) is 52.0 Å². The molecule has 2 N–H and O–H groups in total. The van der Waals surface area contributed by atoms with Crippen molar-refractivity contribution in [1.82, 2.24) is 10.2 Å². The summed E-state index contributed by atoms with van der Waals surface area (Å²) in [5.74, 6) is -0.388. The van der Waals surface area contributed by atoms with Crippen LogP contribution in [0.15, 0.2) is 0 Å². The zero-order chi connectivity index (χ0) is 15.7. The van der Waals surface area contributed by atoms with Crippen LogP contribution in [-0.4, -0.2) is 74.5 Å². The number of likely N-dealkylation sites (N-methyl/N-ethyl adjacent to an activating group) is 1. The average Bonchev–Trinajstić information content (AvgIpc) is 2.43. The summed E-state index contributed by atoms with van der Waals surface area (Å²) >= 11 is 0. The molecule has 1 amide bonds. The third-order valence-electron chi connectivity index (χ3n) is 3.51. The Balaban J connectivity index is 2.16. The summed E-state index contributed by atoms with van der Waals surface area (Å²) in [4.78, 5) is 24.5. The number of amides is 1. The van der Waals surface area contributed by atoms with Crippen molar-refractivity contribution >= 4 is 11.9 Å². The van der Waals surface area contributed by atoms with Crippen molar-refractivity contribution in [2.45, 2.75) is 31.3 Å². The van der Waals surface area contributed by atoms with Crippen molar-refractivity contribution < 1.29 is 24.2 Å². The standard InChI is InChI=1S/C14H26N2O5/c1-16(11-14(19)5-8-21-9-6-14)10-12(17)15-7-3-4-13(18)20-2/h19H,3-11H2,1-2H3,(H,15,17). The summed E-state index contributed by atoms with van der Waals surface area (Å²) in [6.45, 7) is 2.24. The van der Waals surface area contributed by atoms with E-state index in [2.05, 4.69) is 10.1 Å². The van der Waals surface area contributed by atoms with Crippen LogP contribution in [0.25, 0.3) is 0 Å². The van der Waals surface area contributed by atoms with E-state index >= 15 is 0 Å². The molecule has 0 atom stereocenters. The van der Waals surface area contributed by atoms with Crippen LogP contribution < -0.4 is 5.32 Å². The van der Waals surface area contributed by atoms with Crippen molar-refractivity contribution in [3.05, 3.63) is 0 Å². The van der Waals surface area contributed by atoms with Gasteiger partial charge in [0, 0.05) is 45.6 Å². The number of ether oxygens (including phenoxy) is 2. The molecule has 0 unspecified atom stereocenters. The lowest BCUT2D eigenvalue weighted by molar-refractivity contribution is -0.140. The number of rotatable bonds is 8. The van der Waals surface area contributed by atoms with Gasteiger partial charge in [-0.05, 0) is 13.5 Å². The molecule has 1 aliphatic heterocycles. The average molecular weight is 302 g/mol. The predicted molar refractivity (Wildman–Crippen MR) is 76.8 cm³/mol. The number of carbonyl (C=O) groups excluding carboxylic acids is 2. The van der Waals surface area contributed by atoms with Crippen LogP contribution in [0.2, 0.25) is 0 Å². The largest absolute Gasteiger partial charge is 0.469 e. The molecule has 1 fully saturated rings. The molecule has 21 heavy (non-hydrogen) atoms. The highest BCUT2D eigenvalue weighted by Crippen LogP contribution is 2.20. The van der Waals surface area contributed by atoms with E-state index in [0.717, 1.165) is 0 Å². The fraction of sp³-hybridized carbons (Fsp3) is 0.857. The Hall–Kier alpha value is -1.18. The zero-order valence-electron chi connectivity index (χ0n) is 12.9. The molecule has 1 aliphatic rings. The summed E-state index contributed by atoms with van der Waals surface area (Å²) in [5.41, 5.74) is -0.766. The van der Waals surface area contributed by atoms with Gasteiger partial charge in [0.1, 0.15) is 0 Å². The molecule has 0 radical (unpaired) electrons. The van der Waals surface area contributed by atoms with Crippen molar-refractivity contribution in [3.63, 3.8) is 0 Å². The van der Waals surface area contributed by atoms with Crippen molar-refractivity contribution in [1.29, 1.82) is 0 Å². The Morgan fingerprint density at radius 2 is 2.05 bits per heavy atom. The van der Waals surface area contributed by atoms with Crippen molar-refractivity contribution in [2.24, 2.45) is 0 Å². The molecule has 1 heterocycles. The van der Waals surface area contributed by atoms with Crippen molar-refractivity contribution in [3.8, 4) is 0 Å². The number of esters is 1. The molecule has 1 rings (SSSR count). The monoisotopic (exact) mass is 302 g/mol. The summed E-state index contributed by atoms with van der Waals surface area (Å²) in [7, 11) is 3.15. The molecule has 1 saturated heterocycles. The number of hydrogen-bond donors (Lipinski definition) is 2. The molecule has 0 bridgehead atoms. The van der Waals surface area contributed by atoms with E-state index < -0.39 is 5.60 Å². The Labute approximate surface area is 125 Å². The molecule has 7 nitrogen and oxygen atoms in total. The summed E-state index contributed by atoms with van der Waals surface area (Å²) in [5, 5.41) is 13.1. The van der Waals surface area contributed by atoms with Gasteiger partial charge in [0.2, 0.25) is 5.91 Å². The normalized spacial score (nSPS) is 17.5. The molecule has 0 saturated carbocycles. The molecule has 0 aromatic heterocycles. The molecule has 0 aromatic rings. The minimum Gasteiger partial charge on any atom is -0.469 e. The van der Waals surface area contributed by atoms with Gasteiger partial charge in [-0.2, -0.15) is 0 Å². The first kappa shape index (κ1) is 17.9. The van der Waals surface area contributed by atoms with Crippen LogP contribution in [0, 0.1) is 0 Å². The minimum absolute atomic E-state index is 0.113. The number of nitrogens with zero attached hydrogens (tertiary/aromatic N) is 1.